The average Bonchev–Trinajstić information content (AvgIpc) is 2.77. The maximum Gasteiger partial charge on any atom is 0.287 e. The molecule has 18 heavy (non-hydrogen) atoms. The quantitative estimate of drug-likeness (QED) is 0.901. The molecule has 1 saturated carbocycles. The van der Waals surface area contributed by atoms with Crippen molar-refractivity contribution in [2.24, 2.45) is 5.92 Å². The standard InChI is InChI=1S/C13H18BrNO3/c1-9-4-6-13(17,7-5-9)8-15-12(16)10-2-3-11(14)18-10/h2-3,9,17H,4-8H2,1H3,(H,15,16). The molecule has 1 amide bonds. The SMILES string of the molecule is CC1CCC(O)(CNC(=O)c2ccc(Br)o2)CC1. The highest BCUT2D eigenvalue weighted by molar-refractivity contribution is 9.10. The largest absolute Gasteiger partial charge is 0.444 e. The second-order valence-electron chi connectivity index (χ2n) is 5.19. The molecule has 1 aliphatic carbocycles. The van der Waals surface area contributed by atoms with Gasteiger partial charge in [-0.05, 0) is 59.7 Å². The molecular weight excluding hydrogens is 298 g/mol. The van der Waals surface area contributed by atoms with Crippen LogP contribution >= 0.6 is 15.9 Å². The predicted octanol–water partition coefficient (Wildman–Crippen LogP) is 2.71. The van der Waals surface area contributed by atoms with Crippen molar-refractivity contribution in [3.8, 4) is 0 Å². The first-order chi connectivity index (χ1) is 8.48. The molecule has 0 radical (unpaired) electrons. The molecule has 2 N–H and O–H groups in total. The van der Waals surface area contributed by atoms with Crippen molar-refractivity contribution in [2.75, 3.05) is 6.54 Å². The van der Waals surface area contributed by atoms with Gasteiger partial charge >= 0.3 is 0 Å². The van der Waals surface area contributed by atoms with E-state index in [1.807, 2.05) is 0 Å². The number of carbonyl (C=O) groups excluding carboxylic acids is 1. The number of furan rings is 1. The van der Waals surface area contributed by atoms with Crippen LogP contribution in [0.2, 0.25) is 0 Å². The lowest BCUT2D eigenvalue weighted by Gasteiger charge is -2.34. The van der Waals surface area contributed by atoms with Crippen LogP contribution in [-0.2, 0) is 0 Å². The summed E-state index contributed by atoms with van der Waals surface area (Å²) < 4.78 is 5.68. The van der Waals surface area contributed by atoms with E-state index in [4.69, 9.17) is 4.42 Å². The van der Waals surface area contributed by atoms with Crippen molar-refractivity contribution in [3.05, 3.63) is 22.6 Å². The van der Waals surface area contributed by atoms with Crippen LogP contribution in [-0.4, -0.2) is 23.2 Å². The molecule has 4 nitrogen and oxygen atoms in total. The van der Waals surface area contributed by atoms with Gasteiger partial charge in [0.15, 0.2) is 10.4 Å². The molecule has 1 aliphatic rings. The first-order valence-electron chi connectivity index (χ1n) is 6.24. The second-order valence-corrected chi connectivity index (χ2v) is 5.97. The van der Waals surface area contributed by atoms with Gasteiger partial charge in [0, 0.05) is 6.54 Å². The Bertz CT molecular complexity index is 422. The zero-order valence-corrected chi connectivity index (χ0v) is 12.0. The summed E-state index contributed by atoms with van der Waals surface area (Å²) in [5.41, 5.74) is -0.758. The fourth-order valence-electron chi connectivity index (χ4n) is 2.24. The van der Waals surface area contributed by atoms with Crippen molar-refractivity contribution >= 4 is 21.8 Å². The molecule has 0 aliphatic heterocycles. The van der Waals surface area contributed by atoms with Crippen LogP contribution in [0.15, 0.2) is 21.2 Å². The first-order valence-corrected chi connectivity index (χ1v) is 7.04. The van der Waals surface area contributed by atoms with Crippen LogP contribution in [0, 0.1) is 5.92 Å². The molecule has 0 aromatic carbocycles. The summed E-state index contributed by atoms with van der Waals surface area (Å²) in [6.07, 6.45) is 3.52. The summed E-state index contributed by atoms with van der Waals surface area (Å²) in [5, 5.41) is 13.1. The topological polar surface area (TPSA) is 62.5 Å². The number of amides is 1. The van der Waals surface area contributed by atoms with Crippen molar-refractivity contribution < 1.29 is 14.3 Å². The number of hydrogen-bond acceptors (Lipinski definition) is 3. The van der Waals surface area contributed by atoms with Gasteiger partial charge in [0.05, 0.1) is 5.60 Å². The maximum absolute atomic E-state index is 11.8. The Labute approximate surface area is 115 Å². The summed E-state index contributed by atoms with van der Waals surface area (Å²) in [7, 11) is 0. The minimum absolute atomic E-state index is 0.259. The summed E-state index contributed by atoms with van der Waals surface area (Å²) in [4.78, 5) is 11.8. The third kappa shape index (κ3) is 3.36. The van der Waals surface area contributed by atoms with Gasteiger partial charge < -0.3 is 14.8 Å². The van der Waals surface area contributed by atoms with Crippen molar-refractivity contribution in [3.63, 3.8) is 0 Å². The Morgan fingerprint density at radius 2 is 2.22 bits per heavy atom. The molecule has 1 heterocycles. The lowest BCUT2D eigenvalue weighted by molar-refractivity contribution is -0.00559. The molecule has 100 valence electrons. The van der Waals surface area contributed by atoms with E-state index in [-0.39, 0.29) is 18.2 Å². The zero-order valence-electron chi connectivity index (χ0n) is 10.4. The predicted molar refractivity (Wildman–Crippen MR) is 71.3 cm³/mol. The highest BCUT2D eigenvalue weighted by atomic mass is 79.9. The van der Waals surface area contributed by atoms with Crippen molar-refractivity contribution in [2.45, 2.75) is 38.2 Å². The van der Waals surface area contributed by atoms with E-state index in [1.54, 1.807) is 12.1 Å². The van der Waals surface area contributed by atoms with E-state index in [1.165, 1.54) is 0 Å². The molecule has 5 heteroatoms. The Morgan fingerprint density at radius 1 is 1.56 bits per heavy atom. The molecular formula is C13H18BrNO3. The molecule has 0 spiro atoms. The van der Waals surface area contributed by atoms with Crippen LogP contribution < -0.4 is 5.32 Å². The second kappa shape index (κ2) is 5.45. The highest BCUT2D eigenvalue weighted by Gasteiger charge is 2.32. The Hall–Kier alpha value is -0.810. The minimum atomic E-state index is -0.758. The van der Waals surface area contributed by atoms with E-state index in [0.717, 1.165) is 25.7 Å². The molecule has 1 aromatic heterocycles. The smallest absolute Gasteiger partial charge is 0.287 e. The van der Waals surface area contributed by atoms with Crippen LogP contribution in [0.3, 0.4) is 0 Å². The Morgan fingerprint density at radius 3 is 2.78 bits per heavy atom. The lowest BCUT2D eigenvalue weighted by atomic mass is 9.79. The van der Waals surface area contributed by atoms with E-state index in [2.05, 4.69) is 28.2 Å². The average molecular weight is 316 g/mol. The first kappa shape index (κ1) is 13.6. The molecule has 1 aromatic rings. The van der Waals surface area contributed by atoms with Gasteiger partial charge in [0.25, 0.3) is 5.91 Å². The molecule has 0 atom stereocenters. The summed E-state index contributed by atoms with van der Waals surface area (Å²) >= 11 is 3.15. The fraction of sp³-hybridized carbons (Fsp3) is 0.615. The molecule has 0 unspecified atom stereocenters. The van der Waals surface area contributed by atoms with Gasteiger partial charge in [-0.3, -0.25) is 4.79 Å². The molecule has 0 saturated heterocycles. The van der Waals surface area contributed by atoms with E-state index >= 15 is 0 Å². The number of aliphatic hydroxyl groups is 1. The third-order valence-electron chi connectivity index (χ3n) is 3.58. The molecule has 0 bridgehead atoms. The van der Waals surface area contributed by atoms with E-state index < -0.39 is 5.60 Å². The number of carbonyl (C=O) groups is 1. The number of nitrogens with one attached hydrogen (secondary N) is 1. The monoisotopic (exact) mass is 315 g/mol. The third-order valence-corrected chi connectivity index (χ3v) is 4.01. The van der Waals surface area contributed by atoms with Gasteiger partial charge in [-0.15, -0.1) is 0 Å². The summed E-state index contributed by atoms with van der Waals surface area (Å²) in [6.45, 7) is 2.48. The van der Waals surface area contributed by atoms with Crippen molar-refractivity contribution in [1.82, 2.24) is 5.32 Å². The summed E-state index contributed by atoms with van der Waals surface area (Å²) in [5.74, 6) is 0.643. The number of halogens is 1. The Kier molecular flexibility index (Phi) is 4.12. The van der Waals surface area contributed by atoms with Crippen LogP contribution in [0.4, 0.5) is 0 Å². The van der Waals surface area contributed by atoms with Gasteiger partial charge in [-0.2, -0.15) is 0 Å². The van der Waals surface area contributed by atoms with Crippen LogP contribution in [0.1, 0.15) is 43.2 Å². The molecule has 1 fully saturated rings. The lowest BCUT2D eigenvalue weighted by Crippen LogP contribution is -2.45. The maximum atomic E-state index is 11.8. The van der Waals surface area contributed by atoms with Crippen LogP contribution in [0.5, 0.6) is 0 Å². The zero-order chi connectivity index (χ0) is 13.2. The van der Waals surface area contributed by atoms with Gasteiger partial charge in [-0.1, -0.05) is 6.92 Å². The van der Waals surface area contributed by atoms with Gasteiger partial charge in [0.2, 0.25) is 0 Å². The fourth-order valence-corrected chi connectivity index (χ4v) is 2.55. The van der Waals surface area contributed by atoms with Crippen molar-refractivity contribution in [1.29, 1.82) is 0 Å². The van der Waals surface area contributed by atoms with Gasteiger partial charge in [0.1, 0.15) is 0 Å². The van der Waals surface area contributed by atoms with E-state index in [0.29, 0.717) is 10.6 Å². The minimum Gasteiger partial charge on any atom is -0.444 e. The number of hydrogen-bond donors (Lipinski definition) is 2. The normalized spacial score (nSPS) is 28.1. The Balaban J connectivity index is 1.86. The highest BCUT2D eigenvalue weighted by Crippen LogP contribution is 2.31. The number of rotatable bonds is 3. The van der Waals surface area contributed by atoms with E-state index in [9.17, 15) is 9.90 Å². The van der Waals surface area contributed by atoms with Gasteiger partial charge in [-0.25, -0.2) is 0 Å². The molecule has 2 rings (SSSR count). The summed E-state index contributed by atoms with van der Waals surface area (Å²) in [6, 6.07) is 3.28. The van der Waals surface area contributed by atoms with Crippen LogP contribution in [0.25, 0.3) is 0 Å².